The molecular formula is C22H23BrClN3O5. The Hall–Kier alpha value is -2.46. The van der Waals surface area contributed by atoms with Crippen molar-refractivity contribution in [3.05, 3.63) is 52.4 Å². The van der Waals surface area contributed by atoms with Crippen molar-refractivity contribution >= 4 is 50.8 Å². The minimum absolute atomic E-state index is 0. The number of aromatic nitrogens is 2. The largest absolute Gasteiger partial charge is 0.493 e. The molecule has 0 bridgehead atoms. The van der Waals surface area contributed by atoms with Gasteiger partial charge in [-0.05, 0) is 23.8 Å². The molecule has 0 radical (unpaired) electrons. The Morgan fingerprint density at radius 1 is 1.03 bits per heavy atom. The van der Waals surface area contributed by atoms with E-state index in [1.165, 1.54) is 6.33 Å². The molecule has 0 spiro atoms. The maximum Gasteiger partial charge on any atom is 0.238 e. The molecule has 170 valence electrons. The van der Waals surface area contributed by atoms with E-state index in [0.717, 1.165) is 21.1 Å². The van der Waals surface area contributed by atoms with E-state index < -0.39 is 5.92 Å². The van der Waals surface area contributed by atoms with Crippen LogP contribution >= 0.6 is 28.3 Å². The van der Waals surface area contributed by atoms with E-state index in [4.69, 9.17) is 18.9 Å². The zero-order chi connectivity index (χ0) is 21.8. The summed E-state index contributed by atoms with van der Waals surface area (Å²) >= 11 is 3.44. The number of hydrogen-bond acceptors (Lipinski definition) is 7. The van der Waals surface area contributed by atoms with E-state index >= 15 is 0 Å². The van der Waals surface area contributed by atoms with Crippen LogP contribution in [-0.2, 0) is 14.3 Å². The molecule has 0 fully saturated rings. The first-order valence-corrected chi connectivity index (χ1v) is 10.5. The number of halogens is 2. The predicted octanol–water partition coefficient (Wildman–Crippen LogP) is 3.95. The number of anilines is 1. The zero-order valence-electron chi connectivity index (χ0n) is 17.6. The molecule has 0 saturated carbocycles. The number of nitrogens with zero attached hydrogens (tertiary/aromatic N) is 2. The van der Waals surface area contributed by atoms with Crippen molar-refractivity contribution in [3.8, 4) is 11.5 Å². The summed E-state index contributed by atoms with van der Waals surface area (Å²) in [5.41, 5.74) is 2.94. The molecule has 10 heteroatoms. The molecule has 0 saturated heterocycles. The van der Waals surface area contributed by atoms with E-state index in [-0.39, 0.29) is 18.3 Å². The molecule has 8 nitrogen and oxygen atoms in total. The maximum absolute atomic E-state index is 12.8. The summed E-state index contributed by atoms with van der Waals surface area (Å²) in [6, 6.07) is 9.34. The Morgan fingerprint density at radius 3 is 2.62 bits per heavy atom. The van der Waals surface area contributed by atoms with Crippen LogP contribution in [0.2, 0.25) is 0 Å². The summed E-state index contributed by atoms with van der Waals surface area (Å²) in [7, 11) is 3.20. The normalized spacial score (nSPS) is 14.6. The van der Waals surface area contributed by atoms with Gasteiger partial charge >= 0.3 is 0 Å². The minimum atomic E-state index is -0.528. The summed E-state index contributed by atoms with van der Waals surface area (Å²) in [6.07, 6.45) is 1.46. The van der Waals surface area contributed by atoms with Crippen molar-refractivity contribution in [1.82, 2.24) is 9.97 Å². The van der Waals surface area contributed by atoms with Gasteiger partial charge in [0.1, 0.15) is 18.9 Å². The van der Waals surface area contributed by atoms with Crippen molar-refractivity contribution < 1.29 is 23.7 Å². The zero-order valence-corrected chi connectivity index (χ0v) is 20.0. The van der Waals surface area contributed by atoms with E-state index in [1.807, 2.05) is 24.3 Å². The summed E-state index contributed by atoms with van der Waals surface area (Å²) in [5, 5.41) is 3.67. The van der Waals surface area contributed by atoms with Gasteiger partial charge in [-0.3, -0.25) is 4.79 Å². The highest BCUT2D eigenvalue weighted by molar-refractivity contribution is 9.10. The Labute approximate surface area is 200 Å². The third-order valence-corrected chi connectivity index (χ3v) is 5.48. The molecule has 1 N–H and O–H groups in total. The summed E-state index contributed by atoms with van der Waals surface area (Å²) < 4.78 is 22.6. The number of hydrogen-bond donors (Lipinski definition) is 1. The summed E-state index contributed by atoms with van der Waals surface area (Å²) in [4.78, 5) is 21.6. The minimum Gasteiger partial charge on any atom is -0.493 e. The lowest BCUT2D eigenvalue weighted by atomic mass is 9.94. The highest BCUT2D eigenvalue weighted by Gasteiger charge is 2.34. The molecule has 32 heavy (non-hydrogen) atoms. The van der Waals surface area contributed by atoms with Gasteiger partial charge in [-0.1, -0.05) is 22.0 Å². The maximum atomic E-state index is 12.8. The molecule has 1 unspecified atom stereocenters. The summed E-state index contributed by atoms with van der Waals surface area (Å²) in [5.74, 6) is 0.435. The number of fused-ring (bicyclic) bond motifs is 2. The van der Waals surface area contributed by atoms with Crippen LogP contribution in [0.25, 0.3) is 10.9 Å². The standard InChI is InChI=1S/C22H22BrN3O5.ClH/c1-28-5-6-30-7-8-31-19-11-16-15(10-18(19)29-2)21(25-12-24-16)20-14-4-3-13(23)9-17(14)26-22(20)27;/h3-4,9-12,20H,5-8H2,1-2H3,(H,26,27);1H. The number of carbonyl (C=O) groups is 1. The quantitative estimate of drug-likeness (QED) is 0.424. The van der Waals surface area contributed by atoms with E-state index in [0.29, 0.717) is 49.1 Å². The van der Waals surface area contributed by atoms with Crippen LogP contribution in [0, 0.1) is 0 Å². The molecular weight excluding hydrogens is 502 g/mol. The van der Waals surface area contributed by atoms with Gasteiger partial charge in [-0.15, -0.1) is 12.4 Å². The second-order valence-corrected chi connectivity index (χ2v) is 7.80. The lowest BCUT2D eigenvalue weighted by molar-refractivity contribution is -0.116. The van der Waals surface area contributed by atoms with Crippen molar-refractivity contribution in [2.24, 2.45) is 0 Å². The van der Waals surface area contributed by atoms with Gasteiger partial charge < -0.3 is 24.3 Å². The van der Waals surface area contributed by atoms with E-state index in [2.05, 4.69) is 31.2 Å². The lowest BCUT2D eigenvalue weighted by Crippen LogP contribution is -2.15. The summed E-state index contributed by atoms with van der Waals surface area (Å²) in [6.45, 7) is 1.82. The molecule has 1 amide bonds. The first kappa shape index (κ1) is 24.2. The van der Waals surface area contributed by atoms with Gasteiger partial charge in [0.25, 0.3) is 0 Å². The van der Waals surface area contributed by atoms with Crippen molar-refractivity contribution in [2.75, 3.05) is 46.0 Å². The van der Waals surface area contributed by atoms with Crippen molar-refractivity contribution in [1.29, 1.82) is 0 Å². The van der Waals surface area contributed by atoms with Gasteiger partial charge in [0, 0.05) is 28.7 Å². The number of amides is 1. The van der Waals surface area contributed by atoms with Gasteiger partial charge in [-0.25, -0.2) is 9.97 Å². The van der Waals surface area contributed by atoms with E-state index in [1.54, 1.807) is 20.3 Å². The molecule has 1 aromatic heterocycles. The lowest BCUT2D eigenvalue weighted by Gasteiger charge is -2.15. The van der Waals surface area contributed by atoms with Crippen molar-refractivity contribution in [3.63, 3.8) is 0 Å². The number of methoxy groups -OCH3 is 2. The van der Waals surface area contributed by atoms with Crippen molar-refractivity contribution in [2.45, 2.75) is 5.92 Å². The average Bonchev–Trinajstić information content (AvgIpc) is 3.09. The number of carbonyl (C=O) groups excluding carboxylic acids is 1. The average molecular weight is 525 g/mol. The molecule has 2 aromatic carbocycles. The van der Waals surface area contributed by atoms with Crippen LogP contribution in [0.15, 0.2) is 41.1 Å². The second kappa shape index (κ2) is 10.9. The molecule has 1 atom stereocenters. The van der Waals surface area contributed by atoms with Gasteiger partial charge in [0.15, 0.2) is 11.5 Å². The molecule has 4 rings (SSSR count). The monoisotopic (exact) mass is 523 g/mol. The molecule has 0 aliphatic carbocycles. The molecule has 1 aliphatic rings. The van der Waals surface area contributed by atoms with Gasteiger partial charge in [-0.2, -0.15) is 0 Å². The van der Waals surface area contributed by atoms with Crippen LogP contribution in [-0.4, -0.2) is 56.5 Å². The Kier molecular flexibility index (Phi) is 8.25. The number of rotatable bonds is 9. The smallest absolute Gasteiger partial charge is 0.238 e. The van der Waals surface area contributed by atoms with Crippen LogP contribution in [0.3, 0.4) is 0 Å². The molecule has 1 aliphatic heterocycles. The highest BCUT2D eigenvalue weighted by atomic mass is 79.9. The van der Waals surface area contributed by atoms with Crippen LogP contribution in [0.5, 0.6) is 11.5 Å². The van der Waals surface area contributed by atoms with Gasteiger partial charge in [0.2, 0.25) is 5.91 Å². The third kappa shape index (κ3) is 4.96. The molecule has 2 heterocycles. The predicted molar refractivity (Wildman–Crippen MR) is 126 cm³/mol. The second-order valence-electron chi connectivity index (χ2n) is 6.89. The highest BCUT2D eigenvalue weighted by Crippen LogP contribution is 2.41. The number of nitrogens with one attached hydrogen (secondary N) is 1. The first-order chi connectivity index (χ1) is 15.1. The Morgan fingerprint density at radius 2 is 1.84 bits per heavy atom. The fraction of sp³-hybridized carbons (Fsp3) is 0.318. The fourth-order valence-corrected chi connectivity index (χ4v) is 3.91. The van der Waals surface area contributed by atoms with Crippen LogP contribution in [0.1, 0.15) is 17.2 Å². The van der Waals surface area contributed by atoms with E-state index in [9.17, 15) is 4.79 Å². The SMILES string of the molecule is COCCOCCOc1cc2ncnc(C3C(=O)Nc4cc(Br)ccc43)c2cc1OC.Cl. The first-order valence-electron chi connectivity index (χ1n) is 9.74. The third-order valence-electron chi connectivity index (χ3n) is 4.99. The Bertz CT molecular complexity index is 1110. The number of ether oxygens (including phenoxy) is 4. The fourth-order valence-electron chi connectivity index (χ4n) is 3.55. The topological polar surface area (TPSA) is 91.8 Å². The van der Waals surface area contributed by atoms with Gasteiger partial charge in [0.05, 0.1) is 38.1 Å². The number of benzene rings is 2. The van der Waals surface area contributed by atoms with Crippen LogP contribution in [0.4, 0.5) is 5.69 Å². The Balaban J connectivity index is 0.00000289. The molecule has 3 aromatic rings. The van der Waals surface area contributed by atoms with Crippen LogP contribution < -0.4 is 14.8 Å².